The Morgan fingerprint density at radius 2 is 2.18 bits per heavy atom. The molecule has 1 aromatic heterocycles. The predicted octanol–water partition coefficient (Wildman–Crippen LogP) is 3.34. The second-order valence-electron chi connectivity index (χ2n) is 5.84. The molecule has 1 atom stereocenters. The minimum absolute atomic E-state index is 0.651. The van der Waals surface area contributed by atoms with Gasteiger partial charge in [0.05, 0.1) is 12.8 Å². The Hall–Kier alpha value is -2.23. The molecule has 0 bridgehead atoms. The average Bonchev–Trinajstić information content (AvgIpc) is 3.02. The number of ether oxygens (including phenoxy) is 1. The van der Waals surface area contributed by atoms with Crippen LogP contribution in [0.5, 0.6) is 5.75 Å². The molecule has 0 spiro atoms. The van der Waals surface area contributed by atoms with E-state index >= 15 is 0 Å². The molecular formula is C18H23N3O. The third kappa shape index (κ3) is 3.32. The van der Waals surface area contributed by atoms with Crippen molar-refractivity contribution in [3.8, 4) is 5.75 Å². The lowest BCUT2D eigenvalue weighted by Crippen LogP contribution is -2.22. The first-order valence-electron chi connectivity index (χ1n) is 7.81. The van der Waals surface area contributed by atoms with Crippen LogP contribution >= 0.6 is 0 Å². The molecule has 1 fully saturated rings. The van der Waals surface area contributed by atoms with E-state index in [-0.39, 0.29) is 0 Å². The van der Waals surface area contributed by atoms with Crippen LogP contribution < -0.4 is 15.0 Å². The summed E-state index contributed by atoms with van der Waals surface area (Å²) in [7, 11) is 1.74. The maximum atomic E-state index is 5.47. The summed E-state index contributed by atoms with van der Waals surface area (Å²) in [4.78, 5) is 6.65. The minimum Gasteiger partial charge on any atom is -0.495 e. The number of aromatic nitrogens is 1. The quantitative estimate of drug-likeness (QED) is 0.918. The average molecular weight is 297 g/mol. The Balaban J connectivity index is 1.58. The van der Waals surface area contributed by atoms with Gasteiger partial charge in [0.15, 0.2) is 0 Å². The number of hydrogen-bond acceptors (Lipinski definition) is 4. The topological polar surface area (TPSA) is 37.4 Å². The van der Waals surface area contributed by atoms with Crippen molar-refractivity contribution in [3.05, 3.63) is 48.3 Å². The van der Waals surface area contributed by atoms with Gasteiger partial charge >= 0.3 is 0 Å². The lowest BCUT2D eigenvalue weighted by Gasteiger charge is -2.21. The molecule has 1 N–H and O–H groups in total. The van der Waals surface area contributed by atoms with Crippen molar-refractivity contribution in [2.24, 2.45) is 5.92 Å². The van der Waals surface area contributed by atoms with Crippen LogP contribution in [0.3, 0.4) is 0 Å². The summed E-state index contributed by atoms with van der Waals surface area (Å²) in [6, 6.07) is 12.4. The van der Waals surface area contributed by atoms with E-state index in [1.165, 1.54) is 12.1 Å². The summed E-state index contributed by atoms with van der Waals surface area (Å²) in [6.07, 6.45) is 3.06. The summed E-state index contributed by atoms with van der Waals surface area (Å²) in [5.41, 5.74) is 3.41. The highest BCUT2D eigenvalue weighted by Gasteiger charge is 2.24. The molecule has 1 aromatic carbocycles. The molecule has 4 heteroatoms. The van der Waals surface area contributed by atoms with Crippen molar-refractivity contribution in [3.63, 3.8) is 0 Å². The highest BCUT2D eigenvalue weighted by Crippen LogP contribution is 2.31. The van der Waals surface area contributed by atoms with Crippen LogP contribution in [-0.4, -0.2) is 31.7 Å². The zero-order valence-electron chi connectivity index (χ0n) is 13.2. The Morgan fingerprint density at radius 3 is 3.00 bits per heavy atom. The van der Waals surface area contributed by atoms with E-state index in [0.717, 1.165) is 36.8 Å². The number of rotatable bonds is 5. The smallest absolute Gasteiger partial charge is 0.142 e. The third-order valence-corrected chi connectivity index (χ3v) is 4.20. The molecule has 0 aliphatic carbocycles. The maximum absolute atomic E-state index is 5.47. The second-order valence-corrected chi connectivity index (χ2v) is 5.84. The maximum Gasteiger partial charge on any atom is 0.142 e. The summed E-state index contributed by atoms with van der Waals surface area (Å²) in [6.45, 7) is 5.17. The fourth-order valence-corrected chi connectivity index (χ4v) is 3.03. The van der Waals surface area contributed by atoms with Gasteiger partial charge in [0.25, 0.3) is 0 Å². The molecule has 1 aliphatic heterocycles. The van der Waals surface area contributed by atoms with Gasteiger partial charge in [-0.25, -0.2) is 0 Å². The van der Waals surface area contributed by atoms with Gasteiger partial charge in [-0.2, -0.15) is 0 Å². The summed E-state index contributed by atoms with van der Waals surface area (Å²) in [5, 5.41) is 3.53. The summed E-state index contributed by atoms with van der Waals surface area (Å²) >= 11 is 0. The Labute approximate surface area is 132 Å². The Morgan fingerprint density at radius 1 is 1.32 bits per heavy atom. The summed E-state index contributed by atoms with van der Waals surface area (Å²) < 4.78 is 5.47. The molecule has 2 heterocycles. The van der Waals surface area contributed by atoms with Gasteiger partial charge in [-0.1, -0.05) is 12.1 Å². The molecule has 4 nitrogen and oxygen atoms in total. The molecule has 0 saturated carbocycles. The van der Waals surface area contributed by atoms with Crippen molar-refractivity contribution in [2.75, 3.05) is 37.0 Å². The zero-order valence-corrected chi connectivity index (χ0v) is 13.2. The van der Waals surface area contributed by atoms with Crippen LogP contribution in [0.2, 0.25) is 0 Å². The van der Waals surface area contributed by atoms with E-state index in [2.05, 4.69) is 33.4 Å². The van der Waals surface area contributed by atoms with Crippen molar-refractivity contribution in [1.82, 2.24) is 4.98 Å². The molecule has 1 aliphatic rings. The number of para-hydroxylation sites is 2. The van der Waals surface area contributed by atoms with Crippen LogP contribution in [0.1, 0.15) is 12.1 Å². The highest BCUT2D eigenvalue weighted by atomic mass is 16.5. The largest absolute Gasteiger partial charge is 0.495 e. The van der Waals surface area contributed by atoms with Crippen molar-refractivity contribution in [1.29, 1.82) is 0 Å². The van der Waals surface area contributed by atoms with Gasteiger partial charge in [0, 0.05) is 37.2 Å². The Kier molecular flexibility index (Phi) is 4.47. The lowest BCUT2D eigenvalue weighted by molar-refractivity contribution is 0.414. The third-order valence-electron chi connectivity index (χ3n) is 4.20. The van der Waals surface area contributed by atoms with Gasteiger partial charge in [-0.15, -0.1) is 0 Å². The van der Waals surface area contributed by atoms with Crippen LogP contribution in [-0.2, 0) is 0 Å². The molecule has 0 amide bonds. The highest BCUT2D eigenvalue weighted by molar-refractivity contribution is 5.59. The molecular weight excluding hydrogens is 274 g/mol. The van der Waals surface area contributed by atoms with E-state index < -0.39 is 0 Å². The van der Waals surface area contributed by atoms with E-state index in [9.17, 15) is 0 Å². The molecule has 1 saturated heterocycles. The van der Waals surface area contributed by atoms with Gasteiger partial charge < -0.3 is 15.0 Å². The lowest BCUT2D eigenvalue weighted by atomic mass is 10.1. The number of anilines is 2. The zero-order chi connectivity index (χ0) is 15.4. The van der Waals surface area contributed by atoms with Gasteiger partial charge in [-0.05, 0) is 43.5 Å². The first-order chi connectivity index (χ1) is 10.8. The number of hydrogen-bond donors (Lipinski definition) is 1. The fraction of sp³-hybridized carbons (Fsp3) is 0.389. The van der Waals surface area contributed by atoms with Crippen molar-refractivity contribution < 1.29 is 4.74 Å². The van der Waals surface area contributed by atoms with Gasteiger partial charge in [-0.3, -0.25) is 4.98 Å². The first kappa shape index (κ1) is 14.7. The molecule has 2 aromatic rings. The Bertz CT molecular complexity index is 629. The van der Waals surface area contributed by atoms with Gasteiger partial charge in [0.1, 0.15) is 5.75 Å². The number of benzene rings is 1. The van der Waals surface area contributed by atoms with E-state index in [4.69, 9.17) is 4.74 Å². The molecule has 22 heavy (non-hydrogen) atoms. The van der Waals surface area contributed by atoms with Crippen LogP contribution in [0, 0.1) is 12.8 Å². The second kappa shape index (κ2) is 6.69. The van der Waals surface area contributed by atoms with Crippen molar-refractivity contribution in [2.45, 2.75) is 13.3 Å². The SMILES string of the molecule is COc1ccccc1N1CCC(CNc2ccnc(C)c2)C1. The van der Waals surface area contributed by atoms with Gasteiger partial charge in [0.2, 0.25) is 0 Å². The minimum atomic E-state index is 0.651. The van der Waals surface area contributed by atoms with Crippen molar-refractivity contribution >= 4 is 11.4 Å². The molecule has 1 unspecified atom stereocenters. The number of nitrogens with one attached hydrogen (secondary N) is 1. The number of aryl methyl sites for hydroxylation is 1. The standard InChI is InChI=1S/C18H23N3O/c1-14-11-16(7-9-19-14)20-12-15-8-10-21(13-15)17-5-3-4-6-18(17)22-2/h3-7,9,11,15H,8,10,12-13H2,1-2H3,(H,19,20). The molecule has 0 radical (unpaired) electrons. The fourth-order valence-electron chi connectivity index (χ4n) is 3.03. The normalized spacial score (nSPS) is 17.5. The molecule has 3 rings (SSSR count). The van der Waals surface area contributed by atoms with Crippen LogP contribution in [0.25, 0.3) is 0 Å². The number of methoxy groups -OCH3 is 1. The van der Waals surface area contributed by atoms with E-state index in [0.29, 0.717) is 5.92 Å². The molecule has 116 valence electrons. The van der Waals surface area contributed by atoms with E-state index in [1.54, 1.807) is 7.11 Å². The first-order valence-corrected chi connectivity index (χ1v) is 7.81. The van der Waals surface area contributed by atoms with Crippen LogP contribution in [0.4, 0.5) is 11.4 Å². The monoisotopic (exact) mass is 297 g/mol. The van der Waals surface area contributed by atoms with E-state index in [1.807, 2.05) is 31.3 Å². The summed E-state index contributed by atoms with van der Waals surface area (Å²) in [5.74, 6) is 1.61. The number of nitrogens with zero attached hydrogens (tertiary/aromatic N) is 2. The number of pyridine rings is 1. The predicted molar refractivity (Wildman–Crippen MR) is 90.8 cm³/mol. The van der Waals surface area contributed by atoms with Crippen LogP contribution in [0.15, 0.2) is 42.6 Å².